The zero-order chi connectivity index (χ0) is 10.0. The van der Waals surface area contributed by atoms with E-state index in [2.05, 4.69) is 0 Å². The van der Waals surface area contributed by atoms with Gasteiger partial charge in [0.05, 0.1) is 6.04 Å². The predicted molar refractivity (Wildman–Crippen MR) is 44.0 cm³/mol. The van der Waals surface area contributed by atoms with E-state index in [9.17, 15) is 13.6 Å². The molecule has 13 heavy (non-hydrogen) atoms. The highest BCUT2D eigenvalue weighted by molar-refractivity contribution is 5.82. The van der Waals surface area contributed by atoms with E-state index >= 15 is 0 Å². The first-order valence-corrected chi connectivity index (χ1v) is 3.73. The third-order valence-electron chi connectivity index (χ3n) is 1.74. The Morgan fingerprint density at radius 2 is 2.08 bits per heavy atom. The number of Topliss-reactive ketones (excluding diaryl/α,β-unsaturated/α-hetero) is 1. The smallest absolute Gasteiger partial charge is 0.151 e. The minimum absolute atomic E-state index is 0.0221. The lowest BCUT2D eigenvalue weighted by atomic mass is 10.0. The zero-order valence-corrected chi connectivity index (χ0v) is 7.05. The van der Waals surface area contributed by atoms with Crippen LogP contribution in [-0.4, -0.2) is 5.78 Å². The molecule has 0 fully saturated rings. The summed E-state index contributed by atoms with van der Waals surface area (Å²) in [6.07, 6.45) is 0. The lowest BCUT2D eigenvalue weighted by Crippen LogP contribution is -2.19. The van der Waals surface area contributed by atoms with Crippen molar-refractivity contribution in [1.82, 2.24) is 0 Å². The second kappa shape index (κ2) is 3.62. The number of rotatable bonds is 2. The van der Waals surface area contributed by atoms with Crippen LogP contribution in [0.4, 0.5) is 8.78 Å². The molecule has 0 aromatic heterocycles. The molecule has 0 spiro atoms. The first-order chi connectivity index (χ1) is 6.02. The number of carbonyl (C=O) groups is 1. The molecule has 2 nitrogen and oxygen atoms in total. The second-order valence-electron chi connectivity index (χ2n) is 2.75. The summed E-state index contributed by atoms with van der Waals surface area (Å²) in [6, 6.07) is 1.94. The Bertz CT molecular complexity index is 338. The third-order valence-corrected chi connectivity index (χ3v) is 1.74. The predicted octanol–water partition coefficient (Wildman–Crippen LogP) is 1.55. The maximum Gasteiger partial charge on any atom is 0.151 e. The van der Waals surface area contributed by atoms with E-state index in [1.807, 2.05) is 0 Å². The van der Waals surface area contributed by atoms with Crippen LogP contribution in [0, 0.1) is 11.6 Å². The van der Waals surface area contributed by atoms with Crippen LogP contribution in [0.15, 0.2) is 18.2 Å². The van der Waals surface area contributed by atoms with Gasteiger partial charge >= 0.3 is 0 Å². The van der Waals surface area contributed by atoms with Gasteiger partial charge < -0.3 is 5.73 Å². The highest BCUT2D eigenvalue weighted by atomic mass is 19.1. The van der Waals surface area contributed by atoms with Crippen LogP contribution in [0.25, 0.3) is 0 Å². The summed E-state index contributed by atoms with van der Waals surface area (Å²) >= 11 is 0. The lowest BCUT2D eigenvalue weighted by molar-refractivity contribution is -0.118. The maximum absolute atomic E-state index is 13.0. The van der Waals surface area contributed by atoms with Gasteiger partial charge in [-0.2, -0.15) is 0 Å². The molecule has 0 aliphatic rings. The third kappa shape index (κ3) is 2.09. The van der Waals surface area contributed by atoms with Crippen molar-refractivity contribution in [2.24, 2.45) is 5.73 Å². The summed E-state index contributed by atoms with van der Waals surface area (Å²) in [6.45, 7) is 1.26. The van der Waals surface area contributed by atoms with Gasteiger partial charge in [0, 0.05) is 11.6 Å². The Morgan fingerprint density at radius 1 is 1.46 bits per heavy atom. The summed E-state index contributed by atoms with van der Waals surface area (Å²) in [5.74, 6) is -1.83. The summed E-state index contributed by atoms with van der Waals surface area (Å²) in [5.41, 5.74) is 5.40. The molecule has 1 rings (SSSR count). The first-order valence-electron chi connectivity index (χ1n) is 3.73. The van der Waals surface area contributed by atoms with Crippen LogP contribution in [0.5, 0.6) is 0 Å². The number of hydrogen-bond acceptors (Lipinski definition) is 2. The number of ketones is 1. The van der Waals surface area contributed by atoms with E-state index in [1.54, 1.807) is 0 Å². The van der Waals surface area contributed by atoms with Gasteiger partial charge in [0.15, 0.2) is 5.78 Å². The Hall–Kier alpha value is -1.29. The van der Waals surface area contributed by atoms with Crippen LogP contribution in [0.3, 0.4) is 0 Å². The zero-order valence-electron chi connectivity index (χ0n) is 7.05. The van der Waals surface area contributed by atoms with Gasteiger partial charge in [-0.1, -0.05) is 6.07 Å². The molecular formula is C9H9F2NO. The second-order valence-corrected chi connectivity index (χ2v) is 2.75. The molecule has 1 atom stereocenters. The summed E-state index contributed by atoms with van der Waals surface area (Å²) < 4.78 is 25.4. The molecule has 0 aliphatic carbocycles. The fraction of sp³-hybridized carbons (Fsp3) is 0.222. The molecule has 0 saturated heterocycles. The van der Waals surface area contributed by atoms with Crippen LogP contribution >= 0.6 is 0 Å². The van der Waals surface area contributed by atoms with Crippen molar-refractivity contribution in [3.63, 3.8) is 0 Å². The number of benzene rings is 1. The molecule has 1 aromatic carbocycles. The number of carbonyl (C=O) groups excluding carboxylic acids is 1. The van der Waals surface area contributed by atoms with Crippen molar-refractivity contribution in [2.75, 3.05) is 0 Å². The molecule has 0 aliphatic heterocycles. The summed E-state index contributed by atoms with van der Waals surface area (Å²) in [5, 5.41) is 0. The van der Waals surface area contributed by atoms with Crippen molar-refractivity contribution >= 4 is 5.78 Å². The Balaban J connectivity index is 3.08. The monoisotopic (exact) mass is 185 g/mol. The van der Waals surface area contributed by atoms with E-state index in [0.29, 0.717) is 6.07 Å². The molecule has 0 saturated carbocycles. The van der Waals surface area contributed by atoms with Gasteiger partial charge in [0.25, 0.3) is 0 Å². The van der Waals surface area contributed by atoms with Crippen LogP contribution < -0.4 is 5.73 Å². The molecular weight excluding hydrogens is 176 g/mol. The van der Waals surface area contributed by atoms with E-state index in [4.69, 9.17) is 5.73 Å². The van der Waals surface area contributed by atoms with Gasteiger partial charge in [0.1, 0.15) is 11.6 Å². The Kier molecular flexibility index (Phi) is 2.72. The maximum atomic E-state index is 13.0. The average Bonchev–Trinajstić information content (AvgIpc) is 2.03. The topological polar surface area (TPSA) is 43.1 Å². The molecule has 70 valence electrons. The first kappa shape index (κ1) is 9.80. The fourth-order valence-electron chi connectivity index (χ4n) is 0.973. The summed E-state index contributed by atoms with van der Waals surface area (Å²) in [7, 11) is 0. The average molecular weight is 185 g/mol. The van der Waals surface area contributed by atoms with Crippen molar-refractivity contribution in [2.45, 2.75) is 13.0 Å². The Labute approximate surface area is 74.4 Å². The standard InChI is InChI=1S/C9H9F2NO/c1-5(13)9(12)7-3-2-6(10)4-8(7)11/h2-4,9H,12H2,1H3. The van der Waals surface area contributed by atoms with Crippen molar-refractivity contribution in [1.29, 1.82) is 0 Å². The highest BCUT2D eigenvalue weighted by Gasteiger charge is 2.15. The van der Waals surface area contributed by atoms with Gasteiger partial charge in [-0.15, -0.1) is 0 Å². The van der Waals surface area contributed by atoms with Gasteiger partial charge in [0.2, 0.25) is 0 Å². The van der Waals surface area contributed by atoms with E-state index in [1.165, 1.54) is 13.0 Å². The summed E-state index contributed by atoms with van der Waals surface area (Å²) in [4.78, 5) is 10.8. The number of hydrogen-bond donors (Lipinski definition) is 1. The van der Waals surface area contributed by atoms with Gasteiger partial charge in [-0.3, -0.25) is 4.79 Å². The van der Waals surface area contributed by atoms with Crippen molar-refractivity contribution < 1.29 is 13.6 Å². The Morgan fingerprint density at radius 3 is 2.54 bits per heavy atom. The lowest BCUT2D eigenvalue weighted by Gasteiger charge is -2.08. The van der Waals surface area contributed by atoms with Crippen molar-refractivity contribution in [3.05, 3.63) is 35.4 Å². The van der Waals surface area contributed by atoms with Crippen LogP contribution in [0.1, 0.15) is 18.5 Å². The molecule has 1 unspecified atom stereocenters. The highest BCUT2D eigenvalue weighted by Crippen LogP contribution is 2.16. The largest absolute Gasteiger partial charge is 0.318 e. The quantitative estimate of drug-likeness (QED) is 0.759. The van der Waals surface area contributed by atoms with Crippen LogP contribution in [-0.2, 0) is 4.79 Å². The van der Waals surface area contributed by atoms with Gasteiger partial charge in [-0.05, 0) is 13.0 Å². The SMILES string of the molecule is CC(=O)C(N)c1ccc(F)cc1F. The van der Waals surface area contributed by atoms with E-state index in [0.717, 1.165) is 6.07 Å². The van der Waals surface area contributed by atoms with Crippen molar-refractivity contribution in [3.8, 4) is 0 Å². The number of nitrogens with two attached hydrogens (primary N) is 1. The minimum atomic E-state index is -1.01. The molecule has 0 radical (unpaired) electrons. The molecule has 0 bridgehead atoms. The minimum Gasteiger partial charge on any atom is -0.318 e. The van der Waals surface area contributed by atoms with Crippen LogP contribution in [0.2, 0.25) is 0 Å². The molecule has 4 heteroatoms. The van der Waals surface area contributed by atoms with Gasteiger partial charge in [-0.25, -0.2) is 8.78 Å². The van der Waals surface area contributed by atoms with E-state index in [-0.39, 0.29) is 11.3 Å². The molecule has 0 amide bonds. The fourth-order valence-corrected chi connectivity index (χ4v) is 0.973. The number of halogens is 2. The molecule has 2 N–H and O–H groups in total. The molecule has 0 heterocycles. The van der Waals surface area contributed by atoms with E-state index < -0.39 is 17.7 Å². The molecule has 1 aromatic rings. The normalized spacial score (nSPS) is 12.6.